The van der Waals surface area contributed by atoms with Crippen LogP contribution in [0.3, 0.4) is 0 Å². The van der Waals surface area contributed by atoms with E-state index in [1.54, 1.807) is 0 Å². The molecule has 2 N–H and O–H groups in total. The van der Waals surface area contributed by atoms with Crippen LogP contribution in [0, 0.1) is 12.0 Å². The Morgan fingerprint density at radius 2 is 1.71 bits per heavy atom. The fourth-order valence-electron chi connectivity index (χ4n) is 3.05. The van der Waals surface area contributed by atoms with Crippen molar-refractivity contribution >= 4 is 5.70 Å². The number of benzene rings is 2. The Morgan fingerprint density at radius 1 is 1.05 bits per heavy atom. The molecule has 1 unspecified atom stereocenters. The van der Waals surface area contributed by atoms with Gasteiger partial charge in [-0.2, -0.15) is 0 Å². The summed E-state index contributed by atoms with van der Waals surface area (Å²) in [5.74, 6) is 1.10. The fourth-order valence-corrected chi connectivity index (χ4v) is 3.05. The second-order valence-electron chi connectivity index (χ2n) is 5.84. The zero-order chi connectivity index (χ0) is 14.1. The second kappa shape index (κ2) is 7.25. The summed E-state index contributed by atoms with van der Waals surface area (Å²) in [5.41, 5.74) is 12.0. The first-order valence-corrected chi connectivity index (χ1v) is 7.23. The van der Waals surface area contributed by atoms with Crippen LogP contribution in [0.1, 0.15) is 42.0 Å². The Bertz CT molecular complexity index is 658. The van der Waals surface area contributed by atoms with Gasteiger partial charge in [0.1, 0.15) is 0 Å². The molecule has 1 aliphatic carbocycles. The van der Waals surface area contributed by atoms with Gasteiger partial charge in [0.05, 0.1) is 0 Å². The maximum Gasteiger partial charge on any atom is 1.00 e. The van der Waals surface area contributed by atoms with Crippen molar-refractivity contribution in [3.63, 3.8) is 0 Å². The van der Waals surface area contributed by atoms with Gasteiger partial charge in [-0.15, -0.1) is 35.4 Å². The fraction of sp³-hybridized carbons (Fsp3) is 0.263. The van der Waals surface area contributed by atoms with E-state index in [4.69, 9.17) is 5.73 Å². The largest absolute Gasteiger partial charge is 1.00 e. The molecule has 21 heavy (non-hydrogen) atoms. The summed E-state index contributed by atoms with van der Waals surface area (Å²) in [5, 5.41) is 0. The van der Waals surface area contributed by atoms with E-state index in [-0.39, 0.29) is 51.4 Å². The van der Waals surface area contributed by atoms with Crippen LogP contribution >= 0.6 is 0 Å². The van der Waals surface area contributed by atoms with E-state index in [1.807, 2.05) is 6.07 Å². The van der Waals surface area contributed by atoms with Crippen molar-refractivity contribution in [3.8, 4) is 0 Å². The number of fused-ring (bicyclic) bond motifs is 2. The summed E-state index contributed by atoms with van der Waals surface area (Å²) < 4.78 is 0. The standard InChI is InChI=1S/C19H20N.K/c1-13(2)18-11-14-7-4-6-10-17(14)19(20)12-15-8-3-5-9-16(15)18;/h3-10,13,18H,11,20H2,1-2H3;/q-1;+1. The molecule has 0 bridgehead atoms. The van der Waals surface area contributed by atoms with Gasteiger partial charge in [0.25, 0.3) is 0 Å². The molecule has 2 aromatic carbocycles. The molecule has 0 heterocycles. The Balaban J connectivity index is 0.00000161. The minimum atomic E-state index is 0. The molecule has 1 aliphatic rings. The molecular weight excluding hydrogens is 281 g/mol. The summed E-state index contributed by atoms with van der Waals surface area (Å²) >= 11 is 0. The van der Waals surface area contributed by atoms with E-state index in [2.05, 4.69) is 62.4 Å². The molecule has 2 heteroatoms. The van der Waals surface area contributed by atoms with E-state index in [0.29, 0.717) is 11.8 Å². The Hall–Kier alpha value is -0.384. The third kappa shape index (κ3) is 3.51. The number of rotatable bonds is 1. The van der Waals surface area contributed by atoms with Gasteiger partial charge in [0, 0.05) is 0 Å². The van der Waals surface area contributed by atoms with Gasteiger partial charge < -0.3 is 5.73 Å². The minimum absolute atomic E-state index is 0. The van der Waals surface area contributed by atoms with Gasteiger partial charge in [-0.25, -0.2) is 0 Å². The summed E-state index contributed by atoms with van der Waals surface area (Å²) in [6.07, 6.45) is 4.43. The minimum Gasteiger partial charge on any atom is -0.413 e. The molecule has 1 atom stereocenters. The normalized spacial score (nSPS) is 16.9. The zero-order valence-corrected chi connectivity index (χ0v) is 16.2. The van der Waals surface area contributed by atoms with Gasteiger partial charge in [-0.05, 0) is 24.0 Å². The van der Waals surface area contributed by atoms with Gasteiger partial charge in [-0.3, -0.25) is 0 Å². The predicted molar refractivity (Wildman–Crippen MR) is 84.1 cm³/mol. The molecule has 0 radical (unpaired) electrons. The van der Waals surface area contributed by atoms with E-state index in [1.165, 1.54) is 11.1 Å². The van der Waals surface area contributed by atoms with Crippen molar-refractivity contribution in [2.45, 2.75) is 26.2 Å². The van der Waals surface area contributed by atoms with Crippen molar-refractivity contribution in [1.82, 2.24) is 0 Å². The number of hydrogen-bond donors (Lipinski definition) is 1. The first-order chi connectivity index (χ1) is 9.66. The van der Waals surface area contributed by atoms with Gasteiger partial charge in [0.15, 0.2) is 0 Å². The van der Waals surface area contributed by atoms with Crippen molar-refractivity contribution < 1.29 is 51.4 Å². The van der Waals surface area contributed by atoms with Crippen molar-refractivity contribution in [3.05, 3.63) is 76.9 Å². The molecule has 102 valence electrons. The monoisotopic (exact) mass is 301 g/mol. The molecule has 0 saturated heterocycles. The Kier molecular flexibility index (Phi) is 5.86. The first kappa shape index (κ1) is 17.0. The van der Waals surface area contributed by atoms with Crippen molar-refractivity contribution in [2.75, 3.05) is 0 Å². The van der Waals surface area contributed by atoms with E-state index in [0.717, 1.165) is 23.2 Å². The van der Waals surface area contributed by atoms with Gasteiger partial charge in [0.2, 0.25) is 0 Å². The maximum absolute atomic E-state index is 6.26. The topological polar surface area (TPSA) is 26.0 Å². The van der Waals surface area contributed by atoms with Crippen LogP contribution in [0.2, 0.25) is 0 Å². The van der Waals surface area contributed by atoms with Crippen LogP contribution in [0.4, 0.5) is 0 Å². The van der Waals surface area contributed by atoms with Gasteiger partial charge >= 0.3 is 51.4 Å². The average molecular weight is 301 g/mol. The molecule has 0 fully saturated rings. The van der Waals surface area contributed by atoms with Crippen molar-refractivity contribution in [1.29, 1.82) is 0 Å². The first-order valence-electron chi connectivity index (χ1n) is 7.23. The van der Waals surface area contributed by atoms with E-state index >= 15 is 0 Å². The molecule has 2 aromatic rings. The van der Waals surface area contributed by atoms with Crippen LogP contribution in [-0.4, -0.2) is 0 Å². The van der Waals surface area contributed by atoms with Crippen LogP contribution in [0.5, 0.6) is 0 Å². The summed E-state index contributed by atoms with van der Waals surface area (Å²) in [6.45, 7) is 4.58. The molecule has 0 amide bonds. The predicted octanol–water partition coefficient (Wildman–Crippen LogP) is 1.14. The third-order valence-electron chi connectivity index (χ3n) is 4.18. The average Bonchev–Trinajstić information content (AvgIpc) is 2.44. The van der Waals surface area contributed by atoms with Crippen LogP contribution < -0.4 is 57.1 Å². The van der Waals surface area contributed by atoms with Crippen molar-refractivity contribution in [2.24, 2.45) is 11.7 Å². The quantitative estimate of drug-likeness (QED) is 0.620. The van der Waals surface area contributed by atoms with Crippen LogP contribution in [0.25, 0.3) is 5.70 Å². The molecule has 0 aliphatic heterocycles. The molecule has 0 aromatic heterocycles. The zero-order valence-electron chi connectivity index (χ0n) is 13.1. The SMILES string of the molecule is CC(C)C1Cc2ccccc2C(N)=[C-]c2ccccc21.[K+]. The van der Waals surface area contributed by atoms with Gasteiger partial charge in [-0.1, -0.05) is 55.3 Å². The molecular formula is C19H20KN. The molecule has 0 spiro atoms. The van der Waals surface area contributed by atoms with Crippen LogP contribution in [-0.2, 0) is 6.42 Å². The number of hydrogen-bond acceptors (Lipinski definition) is 1. The molecule has 0 saturated carbocycles. The molecule has 1 nitrogen and oxygen atoms in total. The summed E-state index contributed by atoms with van der Waals surface area (Å²) in [7, 11) is 0. The smallest absolute Gasteiger partial charge is 0.413 e. The summed E-state index contributed by atoms with van der Waals surface area (Å²) in [4.78, 5) is 0. The number of nitrogens with two attached hydrogens (primary N) is 1. The summed E-state index contributed by atoms with van der Waals surface area (Å²) in [6, 6.07) is 16.9. The van der Waals surface area contributed by atoms with Crippen LogP contribution in [0.15, 0.2) is 48.5 Å². The molecule has 3 rings (SSSR count). The van der Waals surface area contributed by atoms with E-state index < -0.39 is 0 Å². The second-order valence-corrected chi connectivity index (χ2v) is 5.84. The maximum atomic E-state index is 6.26. The Labute approximate surface area is 170 Å². The third-order valence-corrected chi connectivity index (χ3v) is 4.18. The van der Waals surface area contributed by atoms with E-state index in [9.17, 15) is 0 Å². The Morgan fingerprint density at radius 3 is 2.48 bits per heavy atom.